The summed E-state index contributed by atoms with van der Waals surface area (Å²) < 4.78 is 0. The van der Waals surface area contributed by atoms with Gasteiger partial charge in [0.25, 0.3) is 0 Å². The fourth-order valence-corrected chi connectivity index (χ4v) is 3.77. The molecule has 0 radical (unpaired) electrons. The number of carbonyl (C=O) groups is 1. The fourth-order valence-electron chi connectivity index (χ4n) is 3.07. The van der Waals surface area contributed by atoms with Gasteiger partial charge in [0.05, 0.1) is 0 Å². The van der Waals surface area contributed by atoms with E-state index in [-0.39, 0.29) is 0 Å². The quantitative estimate of drug-likeness (QED) is 0.868. The van der Waals surface area contributed by atoms with E-state index < -0.39 is 0 Å². The van der Waals surface area contributed by atoms with Crippen LogP contribution in [0.5, 0.6) is 0 Å². The van der Waals surface area contributed by atoms with Gasteiger partial charge in [0, 0.05) is 24.4 Å². The number of rotatable bonds is 4. The number of thiophene rings is 1. The molecule has 1 N–H and O–H groups in total. The Balaban J connectivity index is 1.54. The standard InChI is InChI=1S/C13H17NOS/c15-13(4-1-9-5-6-16-8-9)11-7-10-2-3-12(11)14-10/h5-6,8,10-12,14H,1-4,7H2. The van der Waals surface area contributed by atoms with Crippen molar-refractivity contribution in [3.63, 3.8) is 0 Å². The van der Waals surface area contributed by atoms with E-state index in [0.29, 0.717) is 23.8 Å². The van der Waals surface area contributed by atoms with Crippen molar-refractivity contribution in [1.29, 1.82) is 0 Å². The van der Waals surface area contributed by atoms with E-state index in [4.69, 9.17) is 0 Å². The number of carbonyl (C=O) groups excluding carboxylic acids is 1. The first-order chi connectivity index (χ1) is 7.83. The van der Waals surface area contributed by atoms with Gasteiger partial charge in [-0.1, -0.05) is 0 Å². The highest BCUT2D eigenvalue weighted by Crippen LogP contribution is 2.34. The summed E-state index contributed by atoms with van der Waals surface area (Å²) in [6.45, 7) is 0. The first kappa shape index (κ1) is 10.5. The van der Waals surface area contributed by atoms with Crippen LogP contribution in [0.15, 0.2) is 16.8 Å². The van der Waals surface area contributed by atoms with Crippen LogP contribution in [0.4, 0.5) is 0 Å². The van der Waals surface area contributed by atoms with Gasteiger partial charge in [-0.3, -0.25) is 4.79 Å². The van der Waals surface area contributed by atoms with Crippen molar-refractivity contribution in [1.82, 2.24) is 5.32 Å². The molecule has 86 valence electrons. The van der Waals surface area contributed by atoms with Gasteiger partial charge in [-0.05, 0) is 48.1 Å². The zero-order valence-corrected chi connectivity index (χ0v) is 10.1. The zero-order valence-electron chi connectivity index (χ0n) is 9.32. The van der Waals surface area contributed by atoms with E-state index in [9.17, 15) is 4.79 Å². The number of Topliss-reactive ketones (excluding diaryl/α,β-unsaturated/α-hetero) is 1. The molecule has 0 spiro atoms. The zero-order chi connectivity index (χ0) is 11.0. The highest BCUT2D eigenvalue weighted by atomic mass is 32.1. The van der Waals surface area contributed by atoms with Crippen LogP contribution in [-0.2, 0) is 11.2 Å². The van der Waals surface area contributed by atoms with E-state index in [2.05, 4.69) is 22.1 Å². The lowest BCUT2D eigenvalue weighted by Gasteiger charge is -2.18. The monoisotopic (exact) mass is 235 g/mol. The van der Waals surface area contributed by atoms with Gasteiger partial charge in [0.15, 0.2) is 0 Å². The third-order valence-electron chi connectivity index (χ3n) is 3.95. The van der Waals surface area contributed by atoms with Crippen LogP contribution in [0.25, 0.3) is 0 Å². The third kappa shape index (κ3) is 1.94. The predicted octanol–water partition coefficient (Wildman–Crippen LogP) is 2.39. The number of hydrogen-bond donors (Lipinski definition) is 1. The lowest BCUT2D eigenvalue weighted by molar-refractivity contribution is -0.123. The van der Waals surface area contributed by atoms with Crippen molar-refractivity contribution >= 4 is 17.1 Å². The molecule has 2 fully saturated rings. The molecule has 3 atom stereocenters. The van der Waals surface area contributed by atoms with Gasteiger partial charge in [-0.2, -0.15) is 11.3 Å². The number of nitrogens with one attached hydrogen (secondary N) is 1. The van der Waals surface area contributed by atoms with Gasteiger partial charge in [-0.25, -0.2) is 0 Å². The third-order valence-corrected chi connectivity index (χ3v) is 4.69. The Hall–Kier alpha value is -0.670. The smallest absolute Gasteiger partial charge is 0.137 e. The second kappa shape index (κ2) is 4.30. The normalized spacial score (nSPS) is 32.1. The molecule has 2 aliphatic rings. The molecular weight excluding hydrogens is 218 g/mol. The summed E-state index contributed by atoms with van der Waals surface area (Å²) in [6, 6.07) is 3.26. The molecule has 3 heteroatoms. The van der Waals surface area contributed by atoms with E-state index in [1.165, 1.54) is 18.4 Å². The highest BCUT2D eigenvalue weighted by Gasteiger charge is 2.41. The summed E-state index contributed by atoms with van der Waals surface area (Å²) in [7, 11) is 0. The summed E-state index contributed by atoms with van der Waals surface area (Å²) in [5.41, 5.74) is 1.31. The predicted molar refractivity (Wildman–Crippen MR) is 65.7 cm³/mol. The average molecular weight is 235 g/mol. The molecule has 3 rings (SSSR count). The molecular formula is C13H17NOS. The molecule has 2 saturated heterocycles. The minimum atomic E-state index is 0.317. The van der Waals surface area contributed by atoms with Crippen molar-refractivity contribution in [2.75, 3.05) is 0 Å². The SMILES string of the molecule is O=C(CCc1ccsc1)C1CC2CCC1N2. The number of fused-ring (bicyclic) bond motifs is 2. The van der Waals surface area contributed by atoms with Crippen molar-refractivity contribution in [3.8, 4) is 0 Å². The minimum absolute atomic E-state index is 0.317. The minimum Gasteiger partial charge on any atom is -0.310 e. The number of aryl methyl sites for hydroxylation is 1. The summed E-state index contributed by atoms with van der Waals surface area (Å²) in [5.74, 6) is 0.795. The molecule has 0 saturated carbocycles. The van der Waals surface area contributed by atoms with Crippen LogP contribution in [0.1, 0.15) is 31.2 Å². The maximum Gasteiger partial charge on any atom is 0.137 e. The summed E-state index contributed by atoms with van der Waals surface area (Å²) >= 11 is 1.71. The summed E-state index contributed by atoms with van der Waals surface area (Å²) in [5, 5.41) is 7.76. The molecule has 16 heavy (non-hydrogen) atoms. The van der Waals surface area contributed by atoms with Gasteiger partial charge in [0.1, 0.15) is 5.78 Å². The lowest BCUT2D eigenvalue weighted by atomic mass is 9.84. The van der Waals surface area contributed by atoms with E-state index in [0.717, 1.165) is 19.3 Å². The molecule has 3 unspecified atom stereocenters. The second-order valence-corrected chi connectivity index (χ2v) is 5.77. The molecule has 2 aliphatic heterocycles. The van der Waals surface area contributed by atoms with E-state index in [1.807, 2.05) is 0 Å². The van der Waals surface area contributed by atoms with Crippen LogP contribution in [0.3, 0.4) is 0 Å². The molecule has 1 aromatic rings. The average Bonchev–Trinajstić information content (AvgIpc) is 3.01. The van der Waals surface area contributed by atoms with Crippen molar-refractivity contribution in [3.05, 3.63) is 22.4 Å². The molecule has 0 aromatic carbocycles. The maximum absolute atomic E-state index is 12.1. The van der Waals surface area contributed by atoms with Gasteiger partial charge in [-0.15, -0.1) is 0 Å². The van der Waals surface area contributed by atoms with Gasteiger partial charge >= 0.3 is 0 Å². The van der Waals surface area contributed by atoms with Crippen molar-refractivity contribution < 1.29 is 4.79 Å². The Morgan fingerprint density at radius 2 is 2.44 bits per heavy atom. The van der Waals surface area contributed by atoms with Gasteiger partial charge < -0.3 is 5.32 Å². The van der Waals surface area contributed by atoms with Crippen LogP contribution < -0.4 is 5.32 Å². The number of ketones is 1. The van der Waals surface area contributed by atoms with Crippen molar-refractivity contribution in [2.24, 2.45) is 5.92 Å². The van der Waals surface area contributed by atoms with E-state index in [1.54, 1.807) is 11.3 Å². The molecule has 2 bridgehead atoms. The molecule has 2 nitrogen and oxygen atoms in total. The largest absolute Gasteiger partial charge is 0.310 e. The Kier molecular flexibility index (Phi) is 2.82. The summed E-state index contributed by atoms with van der Waals surface area (Å²) in [4.78, 5) is 12.1. The van der Waals surface area contributed by atoms with Crippen LogP contribution in [0.2, 0.25) is 0 Å². The molecule has 1 aromatic heterocycles. The van der Waals surface area contributed by atoms with E-state index >= 15 is 0 Å². The van der Waals surface area contributed by atoms with Gasteiger partial charge in [0.2, 0.25) is 0 Å². The topological polar surface area (TPSA) is 29.1 Å². The Labute approximate surface area is 100 Å². The van der Waals surface area contributed by atoms with Crippen LogP contribution in [-0.4, -0.2) is 17.9 Å². The van der Waals surface area contributed by atoms with Crippen molar-refractivity contribution in [2.45, 2.75) is 44.2 Å². The van der Waals surface area contributed by atoms with Crippen LogP contribution in [0, 0.1) is 5.92 Å². The maximum atomic E-state index is 12.1. The Morgan fingerprint density at radius 1 is 1.50 bits per heavy atom. The van der Waals surface area contributed by atoms with Crippen LogP contribution >= 0.6 is 11.3 Å². The Morgan fingerprint density at radius 3 is 3.06 bits per heavy atom. The molecule has 3 heterocycles. The second-order valence-electron chi connectivity index (χ2n) is 4.99. The highest BCUT2D eigenvalue weighted by molar-refractivity contribution is 7.07. The Bertz CT molecular complexity index is 373. The molecule has 0 amide bonds. The fraction of sp³-hybridized carbons (Fsp3) is 0.615. The molecule has 0 aliphatic carbocycles. The lowest BCUT2D eigenvalue weighted by Crippen LogP contribution is -2.28. The first-order valence-corrected chi connectivity index (χ1v) is 7.07. The number of hydrogen-bond acceptors (Lipinski definition) is 3. The first-order valence-electron chi connectivity index (χ1n) is 6.13. The summed E-state index contributed by atoms with van der Waals surface area (Å²) in [6.07, 6.45) is 5.23.